The van der Waals surface area contributed by atoms with Gasteiger partial charge in [0.05, 0.1) is 5.56 Å². The molecule has 1 heterocycles. The maximum absolute atomic E-state index is 14.1. The second-order valence-corrected chi connectivity index (χ2v) is 7.98. The van der Waals surface area contributed by atoms with Crippen LogP contribution in [0, 0.1) is 11.7 Å². The predicted octanol–water partition coefficient (Wildman–Crippen LogP) is 6.35. The summed E-state index contributed by atoms with van der Waals surface area (Å²) in [4.78, 5) is 2.17. The first-order chi connectivity index (χ1) is 14.2. The number of alkyl halides is 3. The third kappa shape index (κ3) is 5.95. The van der Waals surface area contributed by atoms with Crippen LogP contribution in [0.2, 0.25) is 0 Å². The first-order valence-electron chi connectivity index (χ1n) is 9.98. The molecular weight excluding hydrogens is 392 g/mol. The summed E-state index contributed by atoms with van der Waals surface area (Å²) in [6.45, 7) is 6.40. The Morgan fingerprint density at radius 2 is 1.70 bits per heavy atom. The summed E-state index contributed by atoms with van der Waals surface area (Å²) in [6, 6.07) is 16.0. The molecule has 3 aromatic rings. The van der Waals surface area contributed by atoms with Crippen LogP contribution in [0.25, 0.3) is 0 Å². The number of benzene rings is 2. The van der Waals surface area contributed by atoms with Crippen LogP contribution in [-0.4, -0.2) is 16.0 Å². The molecule has 0 atom stereocenters. The fourth-order valence-electron chi connectivity index (χ4n) is 3.59. The summed E-state index contributed by atoms with van der Waals surface area (Å²) in [7, 11) is 0. The molecular formula is C24H26F4N2. The van der Waals surface area contributed by atoms with Crippen LogP contribution in [0.5, 0.6) is 0 Å². The standard InChI is InChI=1S/C24H26F4N2/c1-18(2)14-29(16-20-8-3-4-11-23(20)25)17-22-10-6-12-30(22)15-19-7-5-9-21(13-19)24(26,27)28/h3-13,18H,14-17H2,1-2H3. The minimum absolute atomic E-state index is 0.231. The zero-order valence-corrected chi connectivity index (χ0v) is 17.2. The Kier molecular flexibility index (Phi) is 6.98. The molecule has 0 aliphatic heterocycles. The predicted molar refractivity (Wildman–Crippen MR) is 110 cm³/mol. The van der Waals surface area contributed by atoms with E-state index in [-0.39, 0.29) is 5.82 Å². The molecule has 0 saturated carbocycles. The first-order valence-corrected chi connectivity index (χ1v) is 9.98. The highest BCUT2D eigenvalue weighted by Crippen LogP contribution is 2.29. The van der Waals surface area contributed by atoms with Gasteiger partial charge in [-0.25, -0.2) is 4.39 Å². The van der Waals surface area contributed by atoms with Crippen molar-refractivity contribution in [1.82, 2.24) is 9.47 Å². The van der Waals surface area contributed by atoms with Gasteiger partial charge in [0, 0.05) is 43.6 Å². The minimum Gasteiger partial charge on any atom is -0.346 e. The Bertz CT molecular complexity index is 960. The van der Waals surface area contributed by atoms with E-state index in [1.165, 1.54) is 18.2 Å². The smallest absolute Gasteiger partial charge is 0.346 e. The van der Waals surface area contributed by atoms with Crippen molar-refractivity contribution in [2.75, 3.05) is 6.54 Å². The molecule has 0 bridgehead atoms. The van der Waals surface area contributed by atoms with Crippen molar-refractivity contribution in [3.05, 3.63) is 95.1 Å². The normalized spacial score (nSPS) is 12.1. The lowest BCUT2D eigenvalue weighted by molar-refractivity contribution is -0.137. The Hall–Kier alpha value is -2.60. The highest BCUT2D eigenvalue weighted by Gasteiger charge is 2.30. The SMILES string of the molecule is CC(C)CN(Cc1ccccc1F)Cc1cccn1Cc1cccc(C(F)(F)F)c1. The molecule has 0 unspecified atom stereocenters. The fraction of sp³-hybridized carbons (Fsp3) is 0.333. The summed E-state index contributed by atoms with van der Waals surface area (Å²) in [5, 5.41) is 0. The lowest BCUT2D eigenvalue weighted by atomic mass is 10.1. The Morgan fingerprint density at radius 1 is 0.933 bits per heavy atom. The number of hydrogen-bond acceptors (Lipinski definition) is 1. The maximum Gasteiger partial charge on any atom is 0.416 e. The average molecular weight is 418 g/mol. The summed E-state index contributed by atoms with van der Waals surface area (Å²) >= 11 is 0. The molecule has 6 heteroatoms. The van der Waals surface area contributed by atoms with Crippen molar-refractivity contribution in [3.8, 4) is 0 Å². The summed E-state index contributed by atoms with van der Waals surface area (Å²) in [6.07, 6.45) is -2.49. The van der Waals surface area contributed by atoms with Crippen molar-refractivity contribution in [3.63, 3.8) is 0 Å². The second kappa shape index (κ2) is 9.47. The van der Waals surface area contributed by atoms with Crippen LogP contribution in [-0.2, 0) is 25.8 Å². The van der Waals surface area contributed by atoms with Crippen LogP contribution in [0.3, 0.4) is 0 Å². The first kappa shape index (κ1) is 22.1. The van der Waals surface area contributed by atoms with Crippen molar-refractivity contribution < 1.29 is 17.6 Å². The molecule has 3 rings (SSSR count). The maximum atomic E-state index is 14.1. The van der Waals surface area contributed by atoms with Crippen LogP contribution in [0.1, 0.15) is 36.2 Å². The van der Waals surface area contributed by atoms with E-state index in [0.29, 0.717) is 36.7 Å². The third-order valence-electron chi connectivity index (χ3n) is 4.89. The quantitative estimate of drug-likeness (QED) is 0.387. The van der Waals surface area contributed by atoms with Gasteiger partial charge in [0.2, 0.25) is 0 Å². The van der Waals surface area contributed by atoms with Crippen LogP contribution < -0.4 is 0 Å². The van der Waals surface area contributed by atoms with E-state index in [1.807, 2.05) is 29.0 Å². The van der Waals surface area contributed by atoms with Crippen molar-refractivity contribution in [2.45, 2.75) is 39.7 Å². The summed E-state index contributed by atoms with van der Waals surface area (Å²) < 4.78 is 55.1. The summed E-state index contributed by atoms with van der Waals surface area (Å²) in [5.41, 5.74) is 1.56. The number of hydrogen-bond donors (Lipinski definition) is 0. The number of nitrogens with zero attached hydrogens (tertiary/aromatic N) is 2. The van der Waals surface area contributed by atoms with Gasteiger partial charge in [0.25, 0.3) is 0 Å². The molecule has 30 heavy (non-hydrogen) atoms. The highest BCUT2D eigenvalue weighted by molar-refractivity contribution is 5.26. The molecule has 0 N–H and O–H groups in total. The molecule has 0 saturated heterocycles. The largest absolute Gasteiger partial charge is 0.416 e. The van der Waals surface area contributed by atoms with E-state index in [4.69, 9.17) is 0 Å². The van der Waals surface area contributed by atoms with Gasteiger partial charge < -0.3 is 4.57 Å². The van der Waals surface area contributed by atoms with Gasteiger partial charge in [-0.15, -0.1) is 0 Å². The van der Waals surface area contributed by atoms with E-state index in [9.17, 15) is 17.6 Å². The monoisotopic (exact) mass is 418 g/mol. The van der Waals surface area contributed by atoms with Gasteiger partial charge in [-0.3, -0.25) is 4.90 Å². The van der Waals surface area contributed by atoms with Gasteiger partial charge in [0.15, 0.2) is 0 Å². The third-order valence-corrected chi connectivity index (χ3v) is 4.89. The van der Waals surface area contributed by atoms with Crippen LogP contribution >= 0.6 is 0 Å². The molecule has 2 aromatic carbocycles. The van der Waals surface area contributed by atoms with Crippen LogP contribution in [0.15, 0.2) is 66.9 Å². The Balaban J connectivity index is 1.78. The number of rotatable bonds is 8. The van der Waals surface area contributed by atoms with E-state index in [2.05, 4.69) is 18.7 Å². The second-order valence-electron chi connectivity index (χ2n) is 7.98. The van der Waals surface area contributed by atoms with E-state index in [0.717, 1.165) is 18.3 Å². The number of halogens is 4. The van der Waals surface area contributed by atoms with Gasteiger partial charge in [-0.2, -0.15) is 13.2 Å². The van der Waals surface area contributed by atoms with E-state index in [1.54, 1.807) is 18.2 Å². The molecule has 0 radical (unpaired) electrons. The van der Waals surface area contributed by atoms with Crippen molar-refractivity contribution in [2.24, 2.45) is 5.92 Å². The lowest BCUT2D eigenvalue weighted by Gasteiger charge is -2.25. The molecule has 0 aliphatic rings. The van der Waals surface area contributed by atoms with Crippen LogP contribution in [0.4, 0.5) is 17.6 Å². The molecule has 0 spiro atoms. The number of aromatic nitrogens is 1. The molecule has 0 aliphatic carbocycles. The summed E-state index contributed by atoms with van der Waals surface area (Å²) in [5.74, 6) is 0.161. The Labute approximate surface area is 174 Å². The van der Waals surface area contributed by atoms with Gasteiger partial charge in [0.1, 0.15) is 5.82 Å². The molecule has 2 nitrogen and oxygen atoms in total. The van der Waals surface area contributed by atoms with Crippen molar-refractivity contribution in [1.29, 1.82) is 0 Å². The van der Waals surface area contributed by atoms with Crippen molar-refractivity contribution >= 4 is 0 Å². The zero-order chi connectivity index (χ0) is 21.7. The highest BCUT2D eigenvalue weighted by atomic mass is 19.4. The van der Waals surface area contributed by atoms with E-state index < -0.39 is 11.7 Å². The molecule has 0 amide bonds. The topological polar surface area (TPSA) is 8.17 Å². The van der Waals surface area contributed by atoms with Gasteiger partial charge in [-0.1, -0.05) is 44.2 Å². The fourth-order valence-corrected chi connectivity index (χ4v) is 3.59. The Morgan fingerprint density at radius 3 is 2.40 bits per heavy atom. The average Bonchev–Trinajstić information content (AvgIpc) is 3.09. The van der Waals surface area contributed by atoms with Gasteiger partial charge >= 0.3 is 6.18 Å². The minimum atomic E-state index is -4.36. The molecule has 0 fully saturated rings. The molecule has 160 valence electrons. The zero-order valence-electron chi connectivity index (χ0n) is 17.2. The van der Waals surface area contributed by atoms with E-state index >= 15 is 0 Å². The van der Waals surface area contributed by atoms with Gasteiger partial charge in [-0.05, 0) is 41.8 Å². The lowest BCUT2D eigenvalue weighted by Crippen LogP contribution is -2.28. The molecule has 1 aromatic heterocycles.